The van der Waals surface area contributed by atoms with Crippen molar-refractivity contribution < 1.29 is 4.79 Å². The van der Waals surface area contributed by atoms with Crippen molar-refractivity contribution in [1.29, 1.82) is 0 Å². The Hall–Kier alpha value is -1.69. The van der Waals surface area contributed by atoms with Gasteiger partial charge in [0.2, 0.25) is 5.91 Å². The molecule has 29 heavy (non-hydrogen) atoms. The Kier molecular flexibility index (Phi) is 6.09. The molecule has 2 fully saturated rings. The van der Waals surface area contributed by atoms with Crippen molar-refractivity contribution in [2.45, 2.75) is 35.5 Å². The molecule has 1 spiro atoms. The van der Waals surface area contributed by atoms with Gasteiger partial charge in [0.1, 0.15) is 0 Å². The van der Waals surface area contributed by atoms with Gasteiger partial charge in [-0.2, -0.15) is 0 Å². The molecule has 5 rings (SSSR count). The maximum absolute atomic E-state index is 12.6. The highest BCUT2D eigenvalue weighted by atomic mass is 35.5. The van der Waals surface area contributed by atoms with E-state index in [1.165, 1.54) is 21.2 Å². The molecule has 2 heterocycles. The number of rotatable bonds is 5. The summed E-state index contributed by atoms with van der Waals surface area (Å²) in [6, 6.07) is 17.2. The van der Waals surface area contributed by atoms with Crippen LogP contribution in [0.2, 0.25) is 0 Å². The maximum Gasteiger partial charge on any atom is 0.223 e. The summed E-state index contributed by atoms with van der Waals surface area (Å²) < 4.78 is 0. The molecule has 2 aliphatic heterocycles. The molecule has 1 saturated heterocycles. The van der Waals surface area contributed by atoms with E-state index in [-0.39, 0.29) is 24.2 Å². The van der Waals surface area contributed by atoms with Crippen LogP contribution in [0.5, 0.6) is 0 Å². The number of benzene rings is 2. The fourth-order valence-electron chi connectivity index (χ4n) is 4.79. The van der Waals surface area contributed by atoms with Crippen molar-refractivity contribution in [2.24, 2.45) is 11.3 Å². The molecule has 154 valence electrons. The van der Waals surface area contributed by atoms with E-state index < -0.39 is 0 Å². The SMILES string of the molecule is Cl.O=C(NCCCN1c2ccccc2Sc2ccccc21)C1CC12CCNCC2. The van der Waals surface area contributed by atoms with Crippen LogP contribution >= 0.6 is 24.2 Å². The molecule has 0 aromatic heterocycles. The summed E-state index contributed by atoms with van der Waals surface area (Å²) in [6.45, 7) is 3.79. The third-order valence-electron chi connectivity index (χ3n) is 6.50. The largest absolute Gasteiger partial charge is 0.356 e. The van der Waals surface area contributed by atoms with Crippen molar-refractivity contribution in [3.8, 4) is 0 Å². The van der Waals surface area contributed by atoms with E-state index in [1.807, 2.05) is 11.8 Å². The van der Waals surface area contributed by atoms with Crippen LogP contribution in [0.1, 0.15) is 25.7 Å². The summed E-state index contributed by atoms with van der Waals surface area (Å²) in [5.41, 5.74) is 2.86. The fraction of sp³-hybridized carbons (Fsp3) is 0.435. The first-order valence-electron chi connectivity index (χ1n) is 10.4. The number of fused-ring (bicyclic) bond motifs is 2. The van der Waals surface area contributed by atoms with E-state index in [9.17, 15) is 4.79 Å². The average molecular weight is 430 g/mol. The molecule has 1 aliphatic carbocycles. The molecule has 1 saturated carbocycles. The maximum atomic E-state index is 12.6. The van der Waals surface area contributed by atoms with Crippen LogP contribution in [0, 0.1) is 11.3 Å². The van der Waals surface area contributed by atoms with Gasteiger partial charge in [0, 0.05) is 28.8 Å². The third-order valence-corrected chi connectivity index (χ3v) is 7.63. The molecule has 3 aliphatic rings. The van der Waals surface area contributed by atoms with E-state index in [0.29, 0.717) is 5.41 Å². The van der Waals surface area contributed by atoms with E-state index in [0.717, 1.165) is 51.9 Å². The number of hydrogen-bond donors (Lipinski definition) is 2. The second-order valence-corrected chi connectivity index (χ2v) is 9.29. The molecular formula is C23H28ClN3OS. The van der Waals surface area contributed by atoms with Crippen LogP contribution < -0.4 is 15.5 Å². The number of carbonyl (C=O) groups is 1. The minimum absolute atomic E-state index is 0. The van der Waals surface area contributed by atoms with Crippen LogP contribution in [0.3, 0.4) is 0 Å². The Morgan fingerprint density at radius 3 is 2.34 bits per heavy atom. The topological polar surface area (TPSA) is 44.4 Å². The Labute approximate surface area is 183 Å². The van der Waals surface area contributed by atoms with Crippen molar-refractivity contribution in [1.82, 2.24) is 10.6 Å². The zero-order chi connectivity index (χ0) is 19.0. The van der Waals surface area contributed by atoms with Crippen LogP contribution in [-0.2, 0) is 4.79 Å². The Morgan fingerprint density at radius 1 is 1.07 bits per heavy atom. The number of piperidine rings is 1. The number of halogens is 1. The van der Waals surface area contributed by atoms with Gasteiger partial charge < -0.3 is 15.5 Å². The van der Waals surface area contributed by atoms with Gasteiger partial charge >= 0.3 is 0 Å². The van der Waals surface area contributed by atoms with E-state index >= 15 is 0 Å². The molecule has 4 nitrogen and oxygen atoms in total. The minimum atomic E-state index is 0. The first kappa shape index (κ1) is 20.6. The normalized spacial score (nSPS) is 21.0. The standard InChI is InChI=1S/C23H27N3OS.ClH/c27-22(17-16-23(17)10-13-24-14-11-23)25-12-5-15-26-18-6-1-3-8-20(18)28-21-9-4-2-7-19(21)26;/h1-4,6-9,17,24H,5,10-16H2,(H,25,27);1H. The summed E-state index contributed by atoms with van der Waals surface area (Å²) >= 11 is 1.84. The highest BCUT2D eigenvalue weighted by Crippen LogP contribution is 2.58. The summed E-state index contributed by atoms with van der Waals surface area (Å²) in [4.78, 5) is 17.6. The number of anilines is 2. The lowest BCUT2D eigenvalue weighted by Crippen LogP contribution is -2.34. The first-order valence-corrected chi connectivity index (χ1v) is 11.2. The summed E-state index contributed by atoms with van der Waals surface area (Å²) in [5.74, 6) is 0.527. The average Bonchev–Trinajstić information content (AvgIpc) is 3.43. The Bertz CT molecular complexity index is 838. The molecule has 2 aromatic carbocycles. The number of hydrogen-bond acceptors (Lipinski definition) is 4. The number of nitrogens with zero attached hydrogens (tertiary/aromatic N) is 1. The van der Waals surface area contributed by atoms with Crippen LogP contribution in [-0.4, -0.2) is 32.1 Å². The predicted octanol–water partition coefficient (Wildman–Crippen LogP) is 4.61. The first-order chi connectivity index (χ1) is 13.8. The quantitative estimate of drug-likeness (QED) is 0.681. The number of nitrogens with one attached hydrogen (secondary N) is 2. The molecule has 0 bridgehead atoms. The van der Waals surface area contributed by atoms with Crippen LogP contribution in [0.25, 0.3) is 0 Å². The highest BCUT2D eigenvalue weighted by molar-refractivity contribution is 7.99. The summed E-state index contributed by atoms with van der Waals surface area (Å²) in [6.07, 6.45) is 4.35. The van der Waals surface area contributed by atoms with E-state index in [4.69, 9.17) is 0 Å². The second kappa shape index (κ2) is 8.58. The number of amides is 1. The molecule has 1 atom stereocenters. The monoisotopic (exact) mass is 429 g/mol. The van der Waals surface area contributed by atoms with Crippen molar-refractivity contribution in [2.75, 3.05) is 31.1 Å². The lowest BCUT2D eigenvalue weighted by atomic mass is 9.92. The van der Waals surface area contributed by atoms with Gasteiger partial charge in [-0.3, -0.25) is 4.79 Å². The number of para-hydroxylation sites is 2. The second-order valence-electron chi connectivity index (χ2n) is 8.20. The molecule has 1 amide bonds. The van der Waals surface area contributed by atoms with Crippen molar-refractivity contribution in [3.05, 3.63) is 48.5 Å². The van der Waals surface area contributed by atoms with Gasteiger partial charge in [-0.25, -0.2) is 0 Å². The molecular weight excluding hydrogens is 402 g/mol. The van der Waals surface area contributed by atoms with Gasteiger partial charge in [-0.05, 0) is 68.5 Å². The van der Waals surface area contributed by atoms with E-state index in [1.54, 1.807) is 0 Å². The van der Waals surface area contributed by atoms with Crippen molar-refractivity contribution in [3.63, 3.8) is 0 Å². The number of carbonyl (C=O) groups excluding carboxylic acids is 1. The summed E-state index contributed by atoms with van der Waals surface area (Å²) in [7, 11) is 0. The minimum Gasteiger partial charge on any atom is -0.356 e. The molecule has 2 aromatic rings. The zero-order valence-electron chi connectivity index (χ0n) is 16.5. The zero-order valence-corrected chi connectivity index (χ0v) is 18.2. The highest BCUT2D eigenvalue weighted by Gasteiger charge is 2.57. The molecule has 6 heteroatoms. The van der Waals surface area contributed by atoms with Gasteiger partial charge in [0.05, 0.1) is 11.4 Å². The molecule has 2 N–H and O–H groups in total. The lowest BCUT2D eigenvalue weighted by molar-refractivity contribution is -0.123. The van der Waals surface area contributed by atoms with Gasteiger partial charge in [0.15, 0.2) is 0 Å². The lowest BCUT2D eigenvalue weighted by Gasteiger charge is -2.32. The Morgan fingerprint density at radius 2 is 1.69 bits per heavy atom. The van der Waals surface area contributed by atoms with Crippen molar-refractivity contribution >= 4 is 41.5 Å². The van der Waals surface area contributed by atoms with Crippen LogP contribution in [0.4, 0.5) is 11.4 Å². The molecule has 1 unspecified atom stereocenters. The van der Waals surface area contributed by atoms with Gasteiger partial charge in [-0.1, -0.05) is 36.0 Å². The van der Waals surface area contributed by atoms with E-state index in [2.05, 4.69) is 64.1 Å². The molecule has 0 radical (unpaired) electrons. The fourth-order valence-corrected chi connectivity index (χ4v) is 5.89. The Balaban J connectivity index is 0.00000205. The van der Waals surface area contributed by atoms with Crippen LogP contribution in [0.15, 0.2) is 58.3 Å². The smallest absolute Gasteiger partial charge is 0.223 e. The summed E-state index contributed by atoms with van der Waals surface area (Å²) in [5, 5.41) is 6.62. The van der Waals surface area contributed by atoms with Gasteiger partial charge in [0.25, 0.3) is 0 Å². The third kappa shape index (κ3) is 4.00. The van der Waals surface area contributed by atoms with Gasteiger partial charge in [-0.15, -0.1) is 12.4 Å². The predicted molar refractivity (Wildman–Crippen MR) is 122 cm³/mol.